The highest BCUT2D eigenvalue weighted by molar-refractivity contribution is 7.47. The first-order valence-electron chi connectivity index (χ1n) is 33.2. The molecule has 82 heavy (non-hydrogen) atoms. The van der Waals surface area contributed by atoms with Crippen LogP contribution < -0.4 is 0 Å². The number of rotatable bonds is 63. The van der Waals surface area contributed by atoms with Crippen molar-refractivity contribution < 1.29 is 80.2 Å². The minimum absolute atomic E-state index is 0.0989. The van der Waals surface area contributed by atoms with Gasteiger partial charge in [-0.3, -0.25) is 37.3 Å². The Morgan fingerprint density at radius 1 is 0.341 bits per heavy atom. The Bertz CT molecular complexity index is 1600. The fourth-order valence-electron chi connectivity index (χ4n) is 9.37. The molecule has 0 saturated carbocycles. The number of carbonyl (C=O) groups excluding carboxylic acids is 4. The van der Waals surface area contributed by atoms with Gasteiger partial charge in [0.15, 0.2) is 12.2 Å². The molecular weight excluding hydrogens is 1090 g/mol. The third-order valence-corrected chi connectivity index (χ3v) is 16.8. The number of aliphatic hydroxyl groups is 1. The molecule has 486 valence electrons. The molecule has 0 aliphatic rings. The van der Waals surface area contributed by atoms with Crippen LogP contribution in [0.4, 0.5) is 0 Å². The number of unbranched alkanes of at least 4 members (excludes halogenated alkanes) is 34. The molecule has 0 aromatic carbocycles. The van der Waals surface area contributed by atoms with E-state index in [0.717, 1.165) is 102 Å². The second-order valence-corrected chi connectivity index (χ2v) is 25.9. The maximum absolute atomic E-state index is 13.0. The first-order chi connectivity index (χ1) is 39.6. The van der Waals surface area contributed by atoms with Crippen LogP contribution >= 0.6 is 15.6 Å². The molecular formula is C63H122O17P2. The summed E-state index contributed by atoms with van der Waals surface area (Å²) in [7, 11) is -9.86. The standard InChI is InChI=1S/C63H122O17P2/c1-6-10-13-16-17-18-19-20-21-22-23-24-25-26-31-34-39-44-49-63(68)80-59(53-74-61(66)47-42-38-33-30-28-27-29-32-37-40-45-56(5)9-4)55-78-82(71,72)76-51-57(64)50-75-81(69,70)77-54-58(79-62(67)48-43-36-15-12-8-3)52-73-60(65)46-41-35-14-11-7-2/h56-59,64H,6-55H2,1-5H3,(H,69,70)(H,71,72)/t56?,57-,58+,59+/m0/s1. The summed E-state index contributed by atoms with van der Waals surface area (Å²) >= 11 is 0. The first-order valence-corrected chi connectivity index (χ1v) is 36.2. The summed E-state index contributed by atoms with van der Waals surface area (Å²) in [5.41, 5.74) is 0. The van der Waals surface area contributed by atoms with Crippen LogP contribution in [0.1, 0.15) is 317 Å². The van der Waals surface area contributed by atoms with Crippen LogP contribution in [-0.2, 0) is 65.4 Å². The lowest BCUT2D eigenvalue weighted by Crippen LogP contribution is -2.30. The monoisotopic (exact) mass is 1210 g/mol. The lowest BCUT2D eigenvalue weighted by Gasteiger charge is -2.21. The highest BCUT2D eigenvalue weighted by atomic mass is 31.2. The molecule has 0 aromatic rings. The van der Waals surface area contributed by atoms with Crippen molar-refractivity contribution in [1.82, 2.24) is 0 Å². The van der Waals surface area contributed by atoms with Crippen molar-refractivity contribution in [2.75, 3.05) is 39.6 Å². The van der Waals surface area contributed by atoms with Gasteiger partial charge in [0.25, 0.3) is 0 Å². The number of carbonyl (C=O) groups is 4. The van der Waals surface area contributed by atoms with Crippen molar-refractivity contribution in [3.63, 3.8) is 0 Å². The van der Waals surface area contributed by atoms with E-state index in [-0.39, 0.29) is 25.7 Å². The summed E-state index contributed by atoms with van der Waals surface area (Å²) in [4.78, 5) is 71.6. The van der Waals surface area contributed by atoms with Gasteiger partial charge in [-0.25, -0.2) is 9.13 Å². The molecule has 0 radical (unpaired) electrons. The fraction of sp³-hybridized carbons (Fsp3) is 0.937. The molecule has 6 atom stereocenters. The second kappa shape index (κ2) is 56.8. The van der Waals surface area contributed by atoms with E-state index in [0.29, 0.717) is 25.7 Å². The molecule has 0 bridgehead atoms. The fourth-order valence-corrected chi connectivity index (χ4v) is 11.0. The highest BCUT2D eigenvalue weighted by Crippen LogP contribution is 2.45. The molecule has 0 heterocycles. The quantitative estimate of drug-likeness (QED) is 0.0222. The van der Waals surface area contributed by atoms with E-state index in [4.69, 9.17) is 37.0 Å². The molecule has 0 rings (SSSR count). The van der Waals surface area contributed by atoms with Crippen LogP contribution in [0.3, 0.4) is 0 Å². The summed E-state index contributed by atoms with van der Waals surface area (Å²) < 4.78 is 67.5. The largest absolute Gasteiger partial charge is 0.472 e. The number of aliphatic hydroxyl groups excluding tert-OH is 1. The Morgan fingerprint density at radius 3 is 0.866 bits per heavy atom. The van der Waals surface area contributed by atoms with E-state index in [1.54, 1.807) is 0 Å². The number of phosphoric acid groups is 2. The van der Waals surface area contributed by atoms with E-state index in [2.05, 4.69) is 34.6 Å². The predicted octanol–water partition coefficient (Wildman–Crippen LogP) is 17.4. The zero-order chi connectivity index (χ0) is 60.6. The summed E-state index contributed by atoms with van der Waals surface area (Å²) in [6, 6.07) is 0. The maximum atomic E-state index is 13.0. The van der Waals surface area contributed by atoms with Crippen LogP contribution in [0.2, 0.25) is 0 Å². The maximum Gasteiger partial charge on any atom is 0.472 e. The Hall–Kier alpha value is -1.94. The molecule has 0 fully saturated rings. The van der Waals surface area contributed by atoms with E-state index in [9.17, 15) is 43.2 Å². The number of phosphoric ester groups is 2. The van der Waals surface area contributed by atoms with Gasteiger partial charge in [0, 0.05) is 25.7 Å². The lowest BCUT2D eigenvalue weighted by molar-refractivity contribution is -0.161. The summed E-state index contributed by atoms with van der Waals surface area (Å²) in [6.07, 6.45) is 41.1. The SMILES string of the molecule is CCCCCCCCCCCCCCCCCCCCC(=O)O[C@H](COC(=O)CCCCCCCCCCCCC(C)CC)COP(=O)(O)OC[C@@H](O)COP(=O)(O)OC[C@@H](COC(=O)CCCCCCC)OC(=O)CCCCCCC. The van der Waals surface area contributed by atoms with Gasteiger partial charge in [0.05, 0.1) is 26.4 Å². The number of hydrogen-bond acceptors (Lipinski definition) is 15. The van der Waals surface area contributed by atoms with Crippen molar-refractivity contribution in [3.8, 4) is 0 Å². The van der Waals surface area contributed by atoms with E-state index in [1.165, 1.54) is 135 Å². The summed E-state index contributed by atoms with van der Waals surface area (Å²) in [6.45, 7) is 7.03. The smallest absolute Gasteiger partial charge is 0.462 e. The van der Waals surface area contributed by atoms with E-state index < -0.39 is 97.5 Å². The molecule has 0 aliphatic carbocycles. The highest BCUT2D eigenvalue weighted by Gasteiger charge is 2.30. The predicted molar refractivity (Wildman–Crippen MR) is 326 cm³/mol. The first kappa shape index (κ1) is 80.1. The van der Waals surface area contributed by atoms with Crippen molar-refractivity contribution in [3.05, 3.63) is 0 Å². The van der Waals surface area contributed by atoms with Crippen LogP contribution in [-0.4, -0.2) is 96.7 Å². The topological polar surface area (TPSA) is 237 Å². The van der Waals surface area contributed by atoms with Gasteiger partial charge in [-0.1, -0.05) is 266 Å². The Kier molecular flexibility index (Phi) is 55.5. The van der Waals surface area contributed by atoms with Crippen molar-refractivity contribution in [2.24, 2.45) is 5.92 Å². The lowest BCUT2D eigenvalue weighted by atomic mass is 9.99. The van der Waals surface area contributed by atoms with Gasteiger partial charge < -0.3 is 33.8 Å². The number of esters is 4. The van der Waals surface area contributed by atoms with Crippen molar-refractivity contribution in [1.29, 1.82) is 0 Å². The Balaban J connectivity index is 5.09. The molecule has 0 aromatic heterocycles. The van der Waals surface area contributed by atoms with Gasteiger partial charge in [0.1, 0.15) is 19.3 Å². The van der Waals surface area contributed by atoms with Gasteiger partial charge in [-0.2, -0.15) is 0 Å². The van der Waals surface area contributed by atoms with E-state index in [1.807, 2.05) is 0 Å². The summed E-state index contributed by atoms with van der Waals surface area (Å²) in [5, 5.41) is 10.5. The normalized spacial score (nSPS) is 14.6. The average Bonchev–Trinajstić information content (AvgIpc) is 3.46. The van der Waals surface area contributed by atoms with Crippen LogP contribution in [0.15, 0.2) is 0 Å². The van der Waals surface area contributed by atoms with Gasteiger partial charge >= 0.3 is 39.5 Å². The molecule has 3 N–H and O–H groups in total. The van der Waals surface area contributed by atoms with Crippen LogP contribution in [0, 0.1) is 5.92 Å². The minimum Gasteiger partial charge on any atom is -0.462 e. The third-order valence-electron chi connectivity index (χ3n) is 14.9. The van der Waals surface area contributed by atoms with Gasteiger partial charge in [-0.05, 0) is 31.6 Å². The zero-order valence-corrected chi connectivity index (χ0v) is 54.4. The van der Waals surface area contributed by atoms with E-state index >= 15 is 0 Å². The van der Waals surface area contributed by atoms with Crippen LogP contribution in [0.25, 0.3) is 0 Å². The van der Waals surface area contributed by atoms with Crippen molar-refractivity contribution >= 4 is 39.5 Å². The molecule has 0 spiro atoms. The Labute approximate surface area is 498 Å². The van der Waals surface area contributed by atoms with Crippen molar-refractivity contribution in [2.45, 2.75) is 335 Å². The molecule has 17 nitrogen and oxygen atoms in total. The number of hydrogen-bond donors (Lipinski definition) is 3. The molecule has 3 unspecified atom stereocenters. The van der Waals surface area contributed by atoms with Gasteiger partial charge in [-0.15, -0.1) is 0 Å². The average molecular weight is 1210 g/mol. The molecule has 0 saturated heterocycles. The zero-order valence-electron chi connectivity index (χ0n) is 52.6. The van der Waals surface area contributed by atoms with Crippen LogP contribution in [0.5, 0.6) is 0 Å². The van der Waals surface area contributed by atoms with Gasteiger partial charge in [0.2, 0.25) is 0 Å². The number of ether oxygens (including phenoxy) is 4. The Morgan fingerprint density at radius 2 is 0.585 bits per heavy atom. The minimum atomic E-state index is -4.94. The molecule has 19 heteroatoms. The summed E-state index contributed by atoms with van der Waals surface area (Å²) in [5.74, 6) is -1.35. The second-order valence-electron chi connectivity index (χ2n) is 23.0. The molecule has 0 amide bonds. The third kappa shape index (κ3) is 55.9. The molecule has 0 aliphatic heterocycles.